The van der Waals surface area contributed by atoms with E-state index >= 15 is 0 Å². The fourth-order valence-corrected chi connectivity index (χ4v) is 3.61. The van der Waals surface area contributed by atoms with Crippen LogP contribution in [0.2, 0.25) is 0 Å². The highest BCUT2D eigenvalue weighted by molar-refractivity contribution is 5.84. The van der Waals surface area contributed by atoms with Crippen molar-refractivity contribution in [3.8, 4) is 0 Å². The summed E-state index contributed by atoms with van der Waals surface area (Å²) in [5.74, 6) is 0. The maximum absolute atomic E-state index is 3.41. The second-order valence-corrected chi connectivity index (χ2v) is 6.11. The van der Waals surface area contributed by atoms with Crippen molar-refractivity contribution in [2.75, 3.05) is 13.6 Å². The van der Waals surface area contributed by atoms with Crippen LogP contribution in [-0.2, 0) is 5.41 Å². The number of nitrogens with zero attached hydrogens (tertiary/aromatic N) is 1. The second kappa shape index (κ2) is 4.13. The zero-order valence-corrected chi connectivity index (χ0v) is 11.5. The summed E-state index contributed by atoms with van der Waals surface area (Å²) in [5.41, 5.74) is 2.91. The summed E-state index contributed by atoms with van der Waals surface area (Å²) < 4.78 is 0. The maximum atomic E-state index is 3.41. The molecule has 1 aromatic heterocycles. The van der Waals surface area contributed by atoms with Crippen LogP contribution in [0.3, 0.4) is 0 Å². The Balaban J connectivity index is 2.07. The van der Waals surface area contributed by atoms with Crippen molar-refractivity contribution in [3.05, 3.63) is 36.0 Å². The minimum absolute atomic E-state index is 0.199. The molecule has 0 amide bonds. The Morgan fingerprint density at radius 2 is 2.06 bits per heavy atom. The lowest BCUT2D eigenvalue weighted by molar-refractivity contribution is 0.217. The molecule has 96 valence electrons. The van der Waals surface area contributed by atoms with Crippen LogP contribution in [0.1, 0.15) is 32.3 Å². The largest absolute Gasteiger partial charge is 0.361 e. The van der Waals surface area contributed by atoms with E-state index in [-0.39, 0.29) is 5.41 Å². The van der Waals surface area contributed by atoms with Gasteiger partial charge in [-0.3, -0.25) is 0 Å². The number of aromatic amines is 1. The molecule has 0 unspecified atom stereocenters. The van der Waals surface area contributed by atoms with Crippen LogP contribution < -0.4 is 0 Å². The molecule has 3 rings (SSSR count). The zero-order valence-electron chi connectivity index (χ0n) is 11.5. The summed E-state index contributed by atoms with van der Waals surface area (Å²) in [4.78, 5) is 5.93. The highest BCUT2D eigenvalue weighted by Crippen LogP contribution is 2.38. The van der Waals surface area contributed by atoms with Gasteiger partial charge in [0.2, 0.25) is 0 Å². The first kappa shape index (κ1) is 11.8. The lowest BCUT2D eigenvalue weighted by Gasteiger charge is -2.36. The number of benzene rings is 1. The van der Waals surface area contributed by atoms with E-state index in [1.165, 1.54) is 35.9 Å². The lowest BCUT2D eigenvalue weighted by atomic mass is 9.76. The number of hydrogen-bond donors (Lipinski definition) is 1. The summed E-state index contributed by atoms with van der Waals surface area (Å²) in [5, 5.41) is 1.38. The average Bonchev–Trinajstić information content (AvgIpc) is 2.95. The molecule has 1 saturated heterocycles. The number of hydrogen-bond acceptors (Lipinski definition) is 1. The summed E-state index contributed by atoms with van der Waals surface area (Å²) >= 11 is 0. The van der Waals surface area contributed by atoms with Crippen molar-refractivity contribution in [2.45, 2.75) is 38.1 Å². The molecule has 0 aliphatic carbocycles. The number of aromatic nitrogens is 1. The molecule has 1 aliphatic heterocycles. The summed E-state index contributed by atoms with van der Waals surface area (Å²) in [6.45, 7) is 6.00. The van der Waals surface area contributed by atoms with E-state index in [0.29, 0.717) is 6.04 Å². The van der Waals surface area contributed by atoms with Gasteiger partial charge in [0.05, 0.1) is 0 Å². The van der Waals surface area contributed by atoms with Crippen LogP contribution in [0.15, 0.2) is 30.5 Å². The molecule has 2 heterocycles. The van der Waals surface area contributed by atoms with Crippen molar-refractivity contribution < 1.29 is 0 Å². The Hall–Kier alpha value is -1.28. The van der Waals surface area contributed by atoms with Gasteiger partial charge in [-0.15, -0.1) is 0 Å². The highest BCUT2D eigenvalue weighted by Gasteiger charge is 2.37. The number of fused-ring (bicyclic) bond motifs is 1. The topological polar surface area (TPSA) is 19.0 Å². The molecule has 1 aromatic carbocycles. The van der Waals surface area contributed by atoms with Crippen LogP contribution >= 0.6 is 0 Å². The second-order valence-electron chi connectivity index (χ2n) is 6.11. The van der Waals surface area contributed by atoms with Gasteiger partial charge in [-0.2, -0.15) is 0 Å². The molecule has 1 fully saturated rings. The van der Waals surface area contributed by atoms with Crippen molar-refractivity contribution >= 4 is 10.9 Å². The quantitative estimate of drug-likeness (QED) is 0.853. The SMILES string of the molecule is CN1CCC[C@H]1C(C)(C)c1c[nH]c2ccccc12. The fraction of sp³-hybridized carbons (Fsp3) is 0.500. The Labute approximate surface area is 109 Å². The first-order chi connectivity index (χ1) is 8.60. The van der Waals surface area contributed by atoms with Crippen LogP contribution in [0.25, 0.3) is 10.9 Å². The zero-order chi connectivity index (χ0) is 12.8. The predicted molar refractivity (Wildman–Crippen MR) is 77.0 cm³/mol. The minimum atomic E-state index is 0.199. The molecule has 0 bridgehead atoms. The van der Waals surface area contributed by atoms with Crippen LogP contribution in [0, 0.1) is 0 Å². The highest BCUT2D eigenvalue weighted by atomic mass is 15.2. The van der Waals surface area contributed by atoms with Crippen molar-refractivity contribution in [1.82, 2.24) is 9.88 Å². The first-order valence-corrected chi connectivity index (χ1v) is 6.87. The molecule has 1 aliphatic rings. The first-order valence-electron chi connectivity index (χ1n) is 6.87. The number of rotatable bonds is 2. The van der Waals surface area contributed by atoms with Crippen LogP contribution in [-0.4, -0.2) is 29.5 Å². The van der Waals surface area contributed by atoms with Gasteiger partial charge in [-0.25, -0.2) is 0 Å². The minimum Gasteiger partial charge on any atom is -0.361 e. The monoisotopic (exact) mass is 242 g/mol. The van der Waals surface area contributed by atoms with Gasteiger partial charge in [0, 0.05) is 28.6 Å². The van der Waals surface area contributed by atoms with E-state index < -0.39 is 0 Å². The summed E-state index contributed by atoms with van der Waals surface area (Å²) in [7, 11) is 2.26. The lowest BCUT2D eigenvalue weighted by Crippen LogP contribution is -2.41. The Morgan fingerprint density at radius 1 is 1.28 bits per heavy atom. The molecule has 18 heavy (non-hydrogen) atoms. The van der Waals surface area contributed by atoms with Gasteiger partial charge < -0.3 is 9.88 Å². The van der Waals surface area contributed by atoms with Crippen molar-refractivity contribution in [3.63, 3.8) is 0 Å². The van der Waals surface area contributed by atoms with E-state index in [2.05, 4.69) is 61.2 Å². The third-order valence-corrected chi connectivity index (χ3v) is 4.64. The standard InChI is InChI=1S/C16H22N2/c1-16(2,15-9-6-10-18(15)3)13-11-17-14-8-5-4-7-12(13)14/h4-5,7-8,11,15,17H,6,9-10H2,1-3H3/t15-/m0/s1. The number of H-pyrrole nitrogens is 1. The molecule has 1 N–H and O–H groups in total. The van der Waals surface area contributed by atoms with E-state index in [9.17, 15) is 0 Å². The fourth-order valence-electron chi connectivity index (χ4n) is 3.61. The average molecular weight is 242 g/mol. The Morgan fingerprint density at radius 3 is 2.78 bits per heavy atom. The molecular formula is C16H22N2. The molecule has 2 aromatic rings. The van der Waals surface area contributed by atoms with Crippen molar-refractivity contribution in [1.29, 1.82) is 0 Å². The maximum Gasteiger partial charge on any atom is 0.0457 e. The molecule has 2 nitrogen and oxygen atoms in total. The predicted octanol–water partition coefficient (Wildman–Crippen LogP) is 3.54. The van der Waals surface area contributed by atoms with Gasteiger partial charge >= 0.3 is 0 Å². The molecule has 2 heteroatoms. The molecule has 0 radical (unpaired) electrons. The number of likely N-dealkylation sites (N-methyl/N-ethyl adjacent to an activating group) is 1. The Kier molecular flexibility index (Phi) is 2.70. The smallest absolute Gasteiger partial charge is 0.0457 e. The third-order valence-electron chi connectivity index (χ3n) is 4.64. The van der Waals surface area contributed by atoms with Gasteiger partial charge in [0.25, 0.3) is 0 Å². The normalized spacial score (nSPS) is 21.8. The van der Waals surface area contributed by atoms with Gasteiger partial charge in [0.1, 0.15) is 0 Å². The molecular weight excluding hydrogens is 220 g/mol. The molecule has 0 saturated carbocycles. The number of para-hydroxylation sites is 1. The molecule has 0 spiro atoms. The van der Waals surface area contributed by atoms with E-state index in [1.807, 2.05) is 0 Å². The van der Waals surface area contributed by atoms with Gasteiger partial charge in [0.15, 0.2) is 0 Å². The van der Waals surface area contributed by atoms with E-state index in [0.717, 1.165) is 0 Å². The summed E-state index contributed by atoms with van der Waals surface area (Å²) in [6.07, 6.45) is 4.84. The van der Waals surface area contributed by atoms with Crippen LogP contribution in [0.5, 0.6) is 0 Å². The van der Waals surface area contributed by atoms with Crippen molar-refractivity contribution in [2.24, 2.45) is 0 Å². The van der Waals surface area contributed by atoms with Crippen LogP contribution in [0.4, 0.5) is 0 Å². The molecule has 1 atom stereocenters. The van der Waals surface area contributed by atoms with E-state index in [1.54, 1.807) is 0 Å². The van der Waals surface area contributed by atoms with E-state index in [4.69, 9.17) is 0 Å². The number of nitrogens with one attached hydrogen (secondary N) is 1. The summed E-state index contributed by atoms with van der Waals surface area (Å²) in [6, 6.07) is 9.27. The van der Waals surface area contributed by atoms with Gasteiger partial charge in [-0.05, 0) is 38.1 Å². The number of likely N-dealkylation sites (tertiary alicyclic amines) is 1. The third kappa shape index (κ3) is 1.67. The Bertz CT molecular complexity index is 553. The van der Waals surface area contributed by atoms with Gasteiger partial charge in [-0.1, -0.05) is 32.0 Å².